The third-order valence-electron chi connectivity index (χ3n) is 5.68. The predicted molar refractivity (Wildman–Crippen MR) is 141 cm³/mol. The highest BCUT2D eigenvalue weighted by molar-refractivity contribution is 6.30. The number of aryl methyl sites for hydroxylation is 1. The van der Waals surface area contributed by atoms with Crippen molar-refractivity contribution in [1.82, 2.24) is 19.4 Å². The highest BCUT2D eigenvalue weighted by atomic mass is 35.5. The van der Waals surface area contributed by atoms with E-state index in [1.54, 1.807) is 11.6 Å². The molecule has 202 valence electrons. The molecule has 2 N–H and O–H groups in total. The summed E-state index contributed by atoms with van der Waals surface area (Å²) in [7, 11) is 1.69. The zero-order valence-corrected chi connectivity index (χ0v) is 22.1. The van der Waals surface area contributed by atoms with Crippen LogP contribution in [-0.4, -0.2) is 54.6 Å². The van der Waals surface area contributed by atoms with Crippen LogP contribution in [0.3, 0.4) is 0 Å². The number of pyridine rings is 1. The minimum atomic E-state index is -1.18. The van der Waals surface area contributed by atoms with Crippen LogP contribution in [0.4, 0.5) is 4.39 Å². The Morgan fingerprint density at radius 1 is 1.13 bits per heavy atom. The molecule has 0 bridgehead atoms. The maximum atomic E-state index is 15.1. The normalized spacial score (nSPS) is 14.1. The lowest BCUT2D eigenvalue weighted by molar-refractivity contribution is -0.0552. The summed E-state index contributed by atoms with van der Waals surface area (Å²) in [5.41, 5.74) is 0.0783. The number of hydrogen-bond acceptors (Lipinski definition) is 7. The number of aliphatic hydroxyl groups excluding tert-OH is 1. The van der Waals surface area contributed by atoms with Gasteiger partial charge in [-0.25, -0.2) is 9.37 Å². The van der Waals surface area contributed by atoms with E-state index < -0.39 is 23.7 Å². The summed E-state index contributed by atoms with van der Waals surface area (Å²) in [6, 6.07) is 13.0. The molecule has 0 aliphatic carbocycles. The average molecular weight is 573 g/mol. The Morgan fingerprint density at radius 2 is 1.87 bits per heavy atom. The van der Waals surface area contributed by atoms with Crippen LogP contribution in [0.2, 0.25) is 10.0 Å². The van der Waals surface area contributed by atoms with Crippen LogP contribution in [0.25, 0.3) is 0 Å². The van der Waals surface area contributed by atoms with E-state index in [4.69, 9.17) is 33.0 Å². The molecule has 4 aromatic rings. The molecule has 12 heteroatoms. The molecule has 0 fully saturated rings. The quantitative estimate of drug-likeness (QED) is 0.312. The van der Waals surface area contributed by atoms with E-state index in [2.05, 4.69) is 9.97 Å². The molecule has 2 aromatic carbocycles. The molecule has 1 atom stereocenters. The Labute approximate surface area is 233 Å². The SMILES string of the molecule is Clc1ccccc1.Cn1cnc(C(=O)c2cc(F)c3c(c2)C(=O)N(Cc2ncc(Cl)cc2O)C3OCCO)c1. The van der Waals surface area contributed by atoms with Gasteiger partial charge in [-0.3, -0.25) is 14.6 Å². The number of hydrogen-bond donors (Lipinski definition) is 2. The maximum Gasteiger partial charge on any atom is 0.257 e. The first kappa shape index (κ1) is 28.2. The molecule has 0 spiro atoms. The fourth-order valence-electron chi connectivity index (χ4n) is 3.92. The fourth-order valence-corrected chi connectivity index (χ4v) is 4.22. The van der Waals surface area contributed by atoms with Crippen molar-refractivity contribution in [2.24, 2.45) is 7.05 Å². The van der Waals surface area contributed by atoms with Crippen molar-refractivity contribution in [1.29, 1.82) is 0 Å². The van der Waals surface area contributed by atoms with Gasteiger partial charge in [0.1, 0.15) is 23.0 Å². The molecule has 1 aliphatic heterocycles. The molecule has 0 radical (unpaired) electrons. The van der Waals surface area contributed by atoms with Gasteiger partial charge in [-0.1, -0.05) is 41.4 Å². The number of halogens is 3. The lowest BCUT2D eigenvalue weighted by atomic mass is 10.0. The number of carbonyl (C=O) groups excluding carboxylic acids is 2. The van der Waals surface area contributed by atoms with Crippen LogP contribution in [0.15, 0.2) is 67.3 Å². The number of ether oxygens (including phenoxy) is 1. The molecule has 9 nitrogen and oxygen atoms in total. The lowest BCUT2D eigenvalue weighted by Crippen LogP contribution is -2.30. The van der Waals surface area contributed by atoms with Gasteiger partial charge in [0.05, 0.1) is 36.7 Å². The van der Waals surface area contributed by atoms with Gasteiger partial charge in [-0.05, 0) is 24.3 Å². The van der Waals surface area contributed by atoms with Crippen molar-refractivity contribution in [2.75, 3.05) is 13.2 Å². The number of carbonyl (C=O) groups is 2. The smallest absolute Gasteiger partial charge is 0.257 e. The highest BCUT2D eigenvalue weighted by Crippen LogP contribution is 2.39. The Hall–Kier alpha value is -3.83. The fraction of sp³-hybridized carbons (Fsp3) is 0.185. The number of aliphatic hydroxyl groups is 1. The van der Waals surface area contributed by atoms with Crippen LogP contribution >= 0.6 is 23.2 Å². The molecule has 0 saturated carbocycles. The summed E-state index contributed by atoms with van der Waals surface area (Å²) in [5.74, 6) is -2.21. The number of fused-ring (bicyclic) bond motifs is 1. The molecule has 3 heterocycles. The minimum absolute atomic E-state index is 0.0384. The maximum absolute atomic E-state index is 15.1. The Kier molecular flexibility index (Phi) is 8.93. The number of amides is 1. The molecule has 39 heavy (non-hydrogen) atoms. The van der Waals surface area contributed by atoms with Gasteiger partial charge in [-0.15, -0.1) is 0 Å². The van der Waals surface area contributed by atoms with Gasteiger partial charge in [0.15, 0.2) is 6.23 Å². The number of nitrogens with zero attached hydrogens (tertiary/aromatic N) is 4. The van der Waals surface area contributed by atoms with Crippen molar-refractivity contribution >= 4 is 34.9 Å². The molecule has 1 unspecified atom stereocenters. The third-order valence-corrected chi connectivity index (χ3v) is 6.14. The van der Waals surface area contributed by atoms with Crippen molar-refractivity contribution in [2.45, 2.75) is 12.8 Å². The van der Waals surface area contributed by atoms with Gasteiger partial charge in [0, 0.05) is 41.7 Å². The Bertz CT molecular complexity index is 1500. The minimum Gasteiger partial charge on any atom is -0.506 e. The predicted octanol–water partition coefficient (Wildman–Crippen LogP) is 4.55. The van der Waals surface area contributed by atoms with Crippen LogP contribution in [-0.2, 0) is 18.3 Å². The van der Waals surface area contributed by atoms with Crippen molar-refractivity contribution < 1.29 is 28.9 Å². The number of aromatic nitrogens is 3. The summed E-state index contributed by atoms with van der Waals surface area (Å²) in [4.78, 5) is 35.1. The zero-order chi connectivity index (χ0) is 28.1. The molecular formula is C27H23Cl2FN4O5. The number of benzene rings is 2. The topological polar surface area (TPSA) is 118 Å². The van der Waals surface area contributed by atoms with Crippen LogP contribution in [0.1, 0.15) is 43.9 Å². The van der Waals surface area contributed by atoms with E-state index in [-0.39, 0.29) is 58.6 Å². The first-order valence-electron chi connectivity index (χ1n) is 11.6. The van der Waals surface area contributed by atoms with Crippen molar-refractivity contribution in [3.8, 4) is 5.75 Å². The monoisotopic (exact) mass is 572 g/mol. The van der Waals surface area contributed by atoms with E-state index in [1.165, 1.54) is 30.9 Å². The largest absolute Gasteiger partial charge is 0.506 e. The zero-order valence-electron chi connectivity index (χ0n) is 20.6. The van der Waals surface area contributed by atoms with Crippen LogP contribution in [0, 0.1) is 5.82 Å². The van der Waals surface area contributed by atoms with E-state index in [0.29, 0.717) is 0 Å². The highest BCUT2D eigenvalue weighted by Gasteiger charge is 2.41. The first-order chi connectivity index (χ1) is 18.7. The van der Waals surface area contributed by atoms with E-state index in [1.807, 2.05) is 30.3 Å². The summed E-state index contributed by atoms with van der Waals surface area (Å²) < 4.78 is 22.3. The second-order valence-electron chi connectivity index (χ2n) is 8.47. The average Bonchev–Trinajstić information content (AvgIpc) is 3.46. The van der Waals surface area contributed by atoms with Gasteiger partial charge in [-0.2, -0.15) is 0 Å². The molecule has 1 amide bonds. The number of imidazole rings is 1. The van der Waals surface area contributed by atoms with Gasteiger partial charge >= 0.3 is 0 Å². The summed E-state index contributed by atoms with van der Waals surface area (Å²) in [6.07, 6.45) is 3.05. The summed E-state index contributed by atoms with van der Waals surface area (Å²) in [6.45, 7) is -0.728. The second-order valence-corrected chi connectivity index (χ2v) is 9.34. The van der Waals surface area contributed by atoms with Crippen molar-refractivity contribution in [3.63, 3.8) is 0 Å². The first-order valence-corrected chi connectivity index (χ1v) is 12.4. The van der Waals surface area contributed by atoms with Gasteiger partial charge < -0.3 is 24.4 Å². The number of rotatable bonds is 7. The Morgan fingerprint density at radius 3 is 2.46 bits per heavy atom. The Balaban J connectivity index is 0.000000438. The van der Waals surface area contributed by atoms with E-state index in [9.17, 15) is 14.7 Å². The van der Waals surface area contributed by atoms with Crippen molar-refractivity contribution in [3.05, 3.63) is 111 Å². The second kappa shape index (κ2) is 12.4. The number of ketones is 1. The molecule has 0 saturated heterocycles. The summed E-state index contributed by atoms with van der Waals surface area (Å²) >= 11 is 11.3. The van der Waals surface area contributed by atoms with Gasteiger partial charge in [0.2, 0.25) is 5.78 Å². The van der Waals surface area contributed by atoms with Crippen LogP contribution < -0.4 is 0 Å². The van der Waals surface area contributed by atoms with E-state index >= 15 is 4.39 Å². The van der Waals surface area contributed by atoms with Crippen LogP contribution in [0.5, 0.6) is 5.75 Å². The lowest BCUT2D eigenvalue weighted by Gasteiger charge is -2.25. The summed E-state index contributed by atoms with van der Waals surface area (Å²) in [5, 5.41) is 20.3. The van der Waals surface area contributed by atoms with Gasteiger partial charge in [0.25, 0.3) is 5.91 Å². The standard InChI is InChI=1S/C21H18ClFN4O5.C6H5Cl/c1-26-8-16(25-10-26)19(30)11-4-13-18(14(23)5-11)21(32-3-2-28)27(20(13)31)9-15-17(29)6-12(22)7-24-15;7-6-4-2-1-3-5-6/h4-8,10,21,28-29H,2-3,9H2,1H3;1-5H. The molecule has 1 aliphatic rings. The molecule has 5 rings (SSSR count). The molecule has 2 aromatic heterocycles. The third kappa shape index (κ3) is 6.43. The van der Waals surface area contributed by atoms with E-state index in [0.717, 1.165) is 16.0 Å². The number of aromatic hydroxyl groups is 1. The molecular weight excluding hydrogens is 550 g/mol.